The second-order valence-electron chi connectivity index (χ2n) is 15.1. The Morgan fingerprint density at radius 3 is 2.31 bits per heavy atom. The highest BCUT2D eigenvalue weighted by molar-refractivity contribution is 6.70. The van der Waals surface area contributed by atoms with E-state index >= 15 is 0 Å². The molecule has 0 saturated heterocycles. The van der Waals surface area contributed by atoms with E-state index < -0.39 is 16.6 Å². The van der Waals surface area contributed by atoms with Crippen LogP contribution >= 0.6 is 0 Å². The van der Waals surface area contributed by atoms with Gasteiger partial charge in [0.25, 0.3) is 0 Å². The first-order chi connectivity index (χ1) is 16.8. The molecule has 0 unspecified atom stereocenters. The molecular weight excluding hydrogens is 477 g/mol. The molecule has 206 valence electrons. The van der Waals surface area contributed by atoms with Gasteiger partial charge in [-0.15, -0.1) is 0 Å². The van der Waals surface area contributed by atoms with Gasteiger partial charge in [-0.25, -0.2) is 0 Å². The van der Waals surface area contributed by atoms with Crippen LogP contribution in [0.25, 0.3) is 0 Å². The quantitative estimate of drug-likeness (QED) is 0.122. The molecule has 3 fully saturated rings. The topological polar surface area (TPSA) is 35.5 Å². The van der Waals surface area contributed by atoms with Crippen molar-refractivity contribution in [2.45, 2.75) is 148 Å². The predicted octanol–water partition coefficient (Wildman–Crippen LogP) is 8.91. The fourth-order valence-electron chi connectivity index (χ4n) is 9.30. The standard InChI is InChI=1S/C31H56O3Si2/c1-9-10-11-12-18-31(34-36(6,7)8)21-17-27-26-14-13-24-22-25(33-35(3,4)5)15-20-30(24,23-32)28(26)16-19-29(27,31)2/h13,23,25-28H,9-12,14-22H2,1-8H3/t25-,26-,27-,28-,29-,30+,31-/m0/s1. The molecule has 36 heavy (non-hydrogen) atoms. The predicted molar refractivity (Wildman–Crippen MR) is 156 cm³/mol. The van der Waals surface area contributed by atoms with E-state index in [1.54, 1.807) is 0 Å². The summed E-state index contributed by atoms with van der Waals surface area (Å²) in [6.07, 6.45) is 19.8. The molecule has 3 nitrogen and oxygen atoms in total. The number of carbonyl (C=O) groups is 1. The molecule has 0 aliphatic heterocycles. The lowest BCUT2D eigenvalue weighted by atomic mass is 9.46. The summed E-state index contributed by atoms with van der Waals surface area (Å²) < 4.78 is 13.8. The summed E-state index contributed by atoms with van der Waals surface area (Å²) in [5.74, 6) is 1.84. The van der Waals surface area contributed by atoms with Gasteiger partial charge in [-0.1, -0.05) is 51.2 Å². The normalized spacial score (nSPS) is 40.7. The molecule has 0 amide bonds. The zero-order valence-electron chi connectivity index (χ0n) is 24.9. The van der Waals surface area contributed by atoms with Gasteiger partial charge in [0.05, 0.1) is 11.0 Å². The number of hydrogen-bond acceptors (Lipinski definition) is 3. The number of unbranched alkanes of at least 4 members (excludes halogenated alkanes) is 3. The van der Waals surface area contributed by atoms with Crippen LogP contribution in [0.4, 0.5) is 0 Å². The molecule has 0 spiro atoms. The zero-order chi connectivity index (χ0) is 26.4. The van der Waals surface area contributed by atoms with Crippen molar-refractivity contribution in [3.63, 3.8) is 0 Å². The van der Waals surface area contributed by atoms with Crippen molar-refractivity contribution >= 4 is 22.9 Å². The van der Waals surface area contributed by atoms with Crippen molar-refractivity contribution in [2.24, 2.45) is 28.6 Å². The average molecular weight is 533 g/mol. The fraction of sp³-hybridized carbons (Fsp3) is 0.903. The molecule has 5 heteroatoms. The van der Waals surface area contributed by atoms with E-state index in [1.165, 1.54) is 69.6 Å². The van der Waals surface area contributed by atoms with Crippen LogP contribution in [0, 0.1) is 28.6 Å². The number of allylic oxidation sites excluding steroid dienone is 1. The largest absolute Gasteiger partial charge is 0.414 e. The molecule has 0 aromatic carbocycles. The Kier molecular flexibility index (Phi) is 8.30. The van der Waals surface area contributed by atoms with E-state index in [2.05, 4.69) is 59.2 Å². The lowest BCUT2D eigenvalue weighted by molar-refractivity contribution is -0.136. The van der Waals surface area contributed by atoms with Crippen molar-refractivity contribution in [1.29, 1.82) is 0 Å². The maximum Gasteiger partial charge on any atom is 0.184 e. The molecular formula is C31H56O3Si2. The van der Waals surface area contributed by atoms with Crippen LogP contribution in [-0.2, 0) is 13.6 Å². The molecule has 0 aromatic heterocycles. The number of carbonyl (C=O) groups excluding carboxylic acids is 1. The molecule has 7 atom stereocenters. The van der Waals surface area contributed by atoms with Crippen LogP contribution < -0.4 is 0 Å². The van der Waals surface area contributed by atoms with Gasteiger partial charge in [0.15, 0.2) is 16.6 Å². The summed E-state index contributed by atoms with van der Waals surface area (Å²) in [7, 11) is -3.26. The molecule has 0 bridgehead atoms. The maximum absolute atomic E-state index is 13.0. The van der Waals surface area contributed by atoms with Crippen LogP contribution in [-0.4, -0.2) is 34.6 Å². The summed E-state index contributed by atoms with van der Waals surface area (Å²) >= 11 is 0. The fourth-order valence-corrected chi connectivity index (χ4v) is 12.1. The summed E-state index contributed by atoms with van der Waals surface area (Å²) in [6, 6.07) is 0. The van der Waals surface area contributed by atoms with Crippen molar-refractivity contribution in [3.8, 4) is 0 Å². The van der Waals surface area contributed by atoms with Crippen molar-refractivity contribution in [2.75, 3.05) is 0 Å². The van der Waals surface area contributed by atoms with E-state index in [4.69, 9.17) is 8.85 Å². The minimum absolute atomic E-state index is 0.0437. The highest BCUT2D eigenvalue weighted by Crippen LogP contribution is 2.68. The first-order valence-corrected chi connectivity index (χ1v) is 22.1. The van der Waals surface area contributed by atoms with Crippen molar-refractivity contribution in [3.05, 3.63) is 11.6 Å². The maximum atomic E-state index is 13.0. The molecule has 0 radical (unpaired) electrons. The molecule has 3 saturated carbocycles. The third-order valence-corrected chi connectivity index (χ3v) is 12.7. The van der Waals surface area contributed by atoms with E-state index in [9.17, 15) is 4.79 Å². The molecule has 4 aliphatic carbocycles. The van der Waals surface area contributed by atoms with Crippen molar-refractivity contribution < 1.29 is 13.6 Å². The Morgan fingerprint density at radius 2 is 1.67 bits per heavy atom. The Hall–Kier alpha value is -0.236. The van der Waals surface area contributed by atoms with Gasteiger partial charge in [-0.05, 0) is 120 Å². The SMILES string of the molecule is CCCCCC[C@]1(O[Si](C)(C)C)CC[C@H]2[C@@H]3CC=C4C[C@@H](O[Si](C)(C)C)CC[C@]4(C=O)[C@H]3CC[C@@]21C. The number of aldehydes is 1. The smallest absolute Gasteiger partial charge is 0.184 e. The number of fused-ring (bicyclic) bond motifs is 5. The summed E-state index contributed by atoms with van der Waals surface area (Å²) in [5.41, 5.74) is 1.49. The summed E-state index contributed by atoms with van der Waals surface area (Å²) in [6.45, 7) is 19.0. The monoisotopic (exact) mass is 532 g/mol. The molecule has 4 rings (SSSR count). The highest BCUT2D eigenvalue weighted by atomic mass is 28.4. The van der Waals surface area contributed by atoms with E-state index in [-0.39, 0.29) is 16.4 Å². The Bertz CT molecular complexity index is 827. The van der Waals surface area contributed by atoms with Crippen LogP contribution in [0.2, 0.25) is 39.3 Å². The van der Waals surface area contributed by atoms with Crippen LogP contribution in [0.5, 0.6) is 0 Å². The van der Waals surface area contributed by atoms with E-state index in [0.717, 1.165) is 25.7 Å². The zero-order valence-corrected chi connectivity index (χ0v) is 26.9. The molecule has 4 aliphatic rings. The van der Waals surface area contributed by atoms with Crippen LogP contribution in [0.1, 0.15) is 97.3 Å². The third-order valence-electron chi connectivity index (χ3n) is 10.6. The minimum Gasteiger partial charge on any atom is -0.414 e. The Balaban J connectivity index is 1.60. The van der Waals surface area contributed by atoms with E-state index in [1.807, 2.05) is 0 Å². The van der Waals surface area contributed by atoms with Gasteiger partial charge in [0.1, 0.15) is 6.29 Å². The first kappa shape index (κ1) is 28.8. The summed E-state index contributed by atoms with van der Waals surface area (Å²) in [5, 5.41) is 0. The van der Waals surface area contributed by atoms with Crippen molar-refractivity contribution in [1.82, 2.24) is 0 Å². The number of rotatable bonds is 10. The van der Waals surface area contributed by atoms with E-state index in [0.29, 0.717) is 23.9 Å². The third kappa shape index (κ3) is 5.29. The molecule has 0 N–H and O–H groups in total. The lowest BCUT2D eigenvalue weighted by Crippen LogP contribution is -2.58. The van der Waals surface area contributed by atoms with Gasteiger partial charge in [0, 0.05) is 6.10 Å². The second kappa shape index (κ2) is 10.4. The summed E-state index contributed by atoms with van der Waals surface area (Å²) in [4.78, 5) is 13.0. The van der Waals surface area contributed by atoms with Gasteiger partial charge in [-0.2, -0.15) is 0 Å². The average Bonchev–Trinajstić information content (AvgIpc) is 3.06. The van der Waals surface area contributed by atoms with Gasteiger partial charge in [-0.3, -0.25) is 0 Å². The van der Waals surface area contributed by atoms with Gasteiger partial charge >= 0.3 is 0 Å². The van der Waals surface area contributed by atoms with Crippen LogP contribution in [0.15, 0.2) is 11.6 Å². The minimum atomic E-state index is -1.69. The Morgan fingerprint density at radius 1 is 0.944 bits per heavy atom. The van der Waals surface area contributed by atoms with Gasteiger partial charge < -0.3 is 13.6 Å². The molecule has 0 heterocycles. The van der Waals surface area contributed by atoms with Crippen LogP contribution in [0.3, 0.4) is 0 Å². The Labute approximate surface area is 224 Å². The second-order valence-corrected chi connectivity index (χ2v) is 24.0. The molecule has 0 aromatic rings. The number of hydrogen-bond donors (Lipinski definition) is 0. The highest BCUT2D eigenvalue weighted by Gasteiger charge is 2.65. The first-order valence-electron chi connectivity index (χ1n) is 15.3. The lowest BCUT2D eigenvalue weighted by Gasteiger charge is -2.60. The van der Waals surface area contributed by atoms with Gasteiger partial charge in [0.2, 0.25) is 0 Å².